The number of nitrogens with zero attached hydrogens (tertiary/aromatic N) is 3. The van der Waals surface area contributed by atoms with Crippen LogP contribution in [0.3, 0.4) is 0 Å². The van der Waals surface area contributed by atoms with Gasteiger partial charge in [-0.3, -0.25) is 4.79 Å². The Morgan fingerprint density at radius 3 is 2.44 bits per heavy atom. The molecule has 3 aliphatic rings. The first-order chi connectivity index (χ1) is 16.2. The van der Waals surface area contributed by atoms with Crippen LogP contribution in [0.1, 0.15) is 49.7 Å². The predicted molar refractivity (Wildman–Crippen MR) is 120 cm³/mol. The molecule has 1 atom stereocenters. The van der Waals surface area contributed by atoms with Crippen molar-refractivity contribution < 1.29 is 22.8 Å². The molecule has 1 aliphatic carbocycles. The van der Waals surface area contributed by atoms with E-state index >= 15 is 0 Å². The molecule has 0 aromatic heterocycles. The molecule has 1 unspecified atom stereocenters. The standard InChI is InChI=1S/C24H30F3N5O2/c1-29-21(33)20-14-32(22(34)30-17-4-2-3-5-17)15-23(20)8-10-31(11-9-23)18-7-6-16(13-28)19(12-18)24(25,26)27/h6-7,12,17,20H,2-5,8-11,14-15H2,1H3,(H,29,33)(H,30,34). The third-order valence-corrected chi connectivity index (χ3v) is 7.73. The van der Waals surface area contributed by atoms with Crippen LogP contribution in [-0.2, 0) is 11.0 Å². The highest BCUT2D eigenvalue weighted by molar-refractivity contribution is 5.82. The number of carbonyl (C=O) groups is 2. The average molecular weight is 478 g/mol. The van der Waals surface area contributed by atoms with Crippen molar-refractivity contribution in [3.8, 4) is 6.07 Å². The third-order valence-electron chi connectivity index (χ3n) is 7.73. The Hall–Kier alpha value is -2.96. The maximum Gasteiger partial charge on any atom is 0.417 e. The Labute approximate surface area is 197 Å². The highest BCUT2D eigenvalue weighted by atomic mass is 19.4. The van der Waals surface area contributed by atoms with Gasteiger partial charge in [0, 0.05) is 50.4 Å². The van der Waals surface area contributed by atoms with Gasteiger partial charge in [-0.05, 0) is 43.9 Å². The Kier molecular flexibility index (Phi) is 6.65. The Bertz CT molecular complexity index is 976. The summed E-state index contributed by atoms with van der Waals surface area (Å²) in [6.07, 6.45) is 0.723. The van der Waals surface area contributed by atoms with Crippen molar-refractivity contribution in [2.24, 2.45) is 11.3 Å². The van der Waals surface area contributed by atoms with Crippen LogP contribution in [0.5, 0.6) is 0 Å². The minimum absolute atomic E-state index is 0.109. The fourth-order valence-electron chi connectivity index (χ4n) is 5.77. The van der Waals surface area contributed by atoms with Crippen LogP contribution >= 0.6 is 0 Å². The number of urea groups is 1. The molecule has 1 spiro atoms. The lowest BCUT2D eigenvalue weighted by molar-refractivity contribution is -0.137. The summed E-state index contributed by atoms with van der Waals surface area (Å²) in [4.78, 5) is 29.2. The van der Waals surface area contributed by atoms with Crippen molar-refractivity contribution in [3.63, 3.8) is 0 Å². The van der Waals surface area contributed by atoms with E-state index in [1.807, 2.05) is 4.90 Å². The highest BCUT2D eigenvalue weighted by Crippen LogP contribution is 2.46. The number of benzene rings is 1. The number of nitriles is 1. The van der Waals surface area contributed by atoms with Crippen molar-refractivity contribution in [3.05, 3.63) is 29.3 Å². The lowest BCUT2D eigenvalue weighted by Gasteiger charge is -2.43. The van der Waals surface area contributed by atoms with Gasteiger partial charge in [-0.15, -0.1) is 0 Å². The number of amides is 3. The first-order valence-corrected chi connectivity index (χ1v) is 11.8. The lowest BCUT2D eigenvalue weighted by atomic mass is 9.70. The molecule has 34 heavy (non-hydrogen) atoms. The Balaban J connectivity index is 1.49. The molecule has 2 heterocycles. The van der Waals surface area contributed by atoms with Crippen LogP contribution in [0.2, 0.25) is 0 Å². The van der Waals surface area contributed by atoms with Crippen molar-refractivity contribution >= 4 is 17.6 Å². The molecule has 10 heteroatoms. The van der Waals surface area contributed by atoms with Gasteiger partial charge in [0.25, 0.3) is 0 Å². The second kappa shape index (κ2) is 9.35. The number of likely N-dealkylation sites (tertiary alicyclic amines) is 1. The van der Waals surface area contributed by atoms with Gasteiger partial charge in [0.15, 0.2) is 0 Å². The summed E-state index contributed by atoms with van der Waals surface area (Å²) < 4.78 is 40.2. The van der Waals surface area contributed by atoms with E-state index in [0.717, 1.165) is 31.7 Å². The predicted octanol–water partition coefficient (Wildman–Crippen LogP) is 3.49. The largest absolute Gasteiger partial charge is 0.417 e. The van der Waals surface area contributed by atoms with E-state index in [4.69, 9.17) is 5.26 Å². The minimum Gasteiger partial charge on any atom is -0.371 e. The van der Waals surface area contributed by atoms with E-state index in [1.54, 1.807) is 18.0 Å². The van der Waals surface area contributed by atoms with Crippen molar-refractivity contribution in [1.82, 2.24) is 15.5 Å². The van der Waals surface area contributed by atoms with Gasteiger partial charge >= 0.3 is 12.2 Å². The molecule has 3 amide bonds. The zero-order valence-corrected chi connectivity index (χ0v) is 19.2. The second-order valence-corrected chi connectivity index (χ2v) is 9.67. The minimum atomic E-state index is -4.61. The Morgan fingerprint density at radius 2 is 1.85 bits per heavy atom. The van der Waals surface area contributed by atoms with Crippen molar-refractivity contribution in [2.75, 3.05) is 38.1 Å². The van der Waals surface area contributed by atoms with E-state index in [-0.39, 0.29) is 23.9 Å². The molecule has 1 saturated carbocycles. The van der Waals surface area contributed by atoms with Gasteiger partial charge in [0.05, 0.1) is 23.1 Å². The molecule has 0 radical (unpaired) electrons. The molecule has 1 aromatic carbocycles. The topological polar surface area (TPSA) is 88.5 Å². The van der Waals surface area contributed by atoms with Gasteiger partial charge in [0.1, 0.15) is 0 Å². The fraction of sp³-hybridized carbons (Fsp3) is 0.625. The number of anilines is 1. The van der Waals surface area contributed by atoms with E-state index in [9.17, 15) is 22.8 Å². The zero-order chi connectivity index (χ0) is 24.5. The highest BCUT2D eigenvalue weighted by Gasteiger charge is 2.52. The number of hydrogen-bond donors (Lipinski definition) is 2. The van der Waals surface area contributed by atoms with Crippen LogP contribution in [-0.4, -0.2) is 56.1 Å². The molecule has 184 valence electrons. The van der Waals surface area contributed by atoms with Crippen molar-refractivity contribution in [1.29, 1.82) is 5.26 Å². The normalized spacial score (nSPS) is 22.6. The summed E-state index contributed by atoms with van der Waals surface area (Å²) in [5, 5.41) is 14.9. The molecule has 2 N–H and O–H groups in total. The molecule has 7 nitrogen and oxygen atoms in total. The second-order valence-electron chi connectivity index (χ2n) is 9.67. The lowest BCUT2D eigenvalue weighted by Crippen LogP contribution is -2.48. The van der Waals surface area contributed by atoms with Crippen LogP contribution in [0.15, 0.2) is 18.2 Å². The number of alkyl halides is 3. The first kappa shape index (κ1) is 24.2. The summed E-state index contributed by atoms with van der Waals surface area (Å²) >= 11 is 0. The monoisotopic (exact) mass is 477 g/mol. The quantitative estimate of drug-likeness (QED) is 0.698. The fourth-order valence-corrected chi connectivity index (χ4v) is 5.77. The summed E-state index contributed by atoms with van der Waals surface area (Å²) in [7, 11) is 1.59. The van der Waals surface area contributed by atoms with Crippen LogP contribution in [0, 0.1) is 22.7 Å². The molecular formula is C24H30F3N5O2. The number of piperidine rings is 1. The van der Waals surface area contributed by atoms with Crippen molar-refractivity contribution in [2.45, 2.75) is 50.7 Å². The van der Waals surface area contributed by atoms with E-state index in [2.05, 4.69) is 10.6 Å². The maximum absolute atomic E-state index is 13.4. The van der Waals surface area contributed by atoms with E-state index in [1.165, 1.54) is 12.1 Å². The molecule has 3 fully saturated rings. The third kappa shape index (κ3) is 4.65. The van der Waals surface area contributed by atoms with E-state index in [0.29, 0.717) is 44.7 Å². The number of rotatable bonds is 3. The zero-order valence-electron chi connectivity index (χ0n) is 19.2. The summed E-state index contributed by atoms with van der Waals surface area (Å²) in [6, 6.07) is 5.44. The van der Waals surface area contributed by atoms with Crippen LogP contribution < -0.4 is 15.5 Å². The number of halogens is 3. The van der Waals surface area contributed by atoms with Crippen LogP contribution in [0.4, 0.5) is 23.7 Å². The average Bonchev–Trinajstić information content (AvgIpc) is 3.46. The smallest absolute Gasteiger partial charge is 0.371 e. The van der Waals surface area contributed by atoms with Crippen LogP contribution in [0.25, 0.3) is 0 Å². The summed E-state index contributed by atoms with van der Waals surface area (Å²) in [5.74, 6) is -0.469. The summed E-state index contributed by atoms with van der Waals surface area (Å²) in [6.45, 7) is 1.73. The van der Waals surface area contributed by atoms with Gasteiger partial charge in [-0.2, -0.15) is 18.4 Å². The molecule has 2 saturated heterocycles. The van der Waals surface area contributed by atoms with Gasteiger partial charge in [0.2, 0.25) is 5.91 Å². The molecule has 0 bridgehead atoms. The van der Waals surface area contributed by atoms with Gasteiger partial charge < -0.3 is 20.4 Å². The molecule has 2 aliphatic heterocycles. The van der Waals surface area contributed by atoms with E-state index < -0.39 is 22.7 Å². The Morgan fingerprint density at radius 1 is 1.18 bits per heavy atom. The molecular weight excluding hydrogens is 447 g/mol. The first-order valence-electron chi connectivity index (χ1n) is 11.8. The molecule has 4 rings (SSSR count). The maximum atomic E-state index is 13.4. The summed E-state index contributed by atoms with van der Waals surface area (Å²) in [5.41, 5.74) is -1.34. The number of carbonyl (C=O) groups excluding carboxylic acids is 2. The number of hydrogen-bond acceptors (Lipinski definition) is 4. The SMILES string of the molecule is CNC(=O)C1CN(C(=O)NC2CCCC2)CC12CCN(c1ccc(C#N)c(C(F)(F)F)c1)CC2. The van der Waals surface area contributed by atoms with Gasteiger partial charge in [-0.1, -0.05) is 12.8 Å². The van der Waals surface area contributed by atoms with Gasteiger partial charge in [-0.25, -0.2) is 4.79 Å². The molecule has 1 aromatic rings. The number of nitrogens with one attached hydrogen (secondary N) is 2.